The first-order chi connectivity index (χ1) is 9.56. The summed E-state index contributed by atoms with van der Waals surface area (Å²) in [5, 5.41) is 22.5. The number of likely N-dealkylation sites (N-methyl/N-ethyl adjacent to an activating group) is 1. The van der Waals surface area contributed by atoms with Crippen LogP contribution >= 0.6 is 0 Å². The molecule has 1 saturated heterocycles. The largest absolute Gasteiger partial charge is 0.480 e. The lowest BCUT2D eigenvalue weighted by Gasteiger charge is -2.32. The highest BCUT2D eigenvalue weighted by Crippen LogP contribution is 2.03. The number of hydrogen-bond acceptors (Lipinski definition) is 5. The second-order valence-corrected chi connectivity index (χ2v) is 4.64. The Hall–Kier alpha value is -1.38. The maximum absolute atomic E-state index is 11.6. The van der Waals surface area contributed by atoms with Crippen LogP contribution in [0.4, 0.5) is 4.79 Å². The number of nitrogens with zero attached hydrogens (tertiary/aromatic N) is 1. The summed E-state index contributed by atoms with van der Waals surface area (Å²) in [6.45, 7) is 5.29. The van der Waals surface area contributed by atoms with E-state index in [1.165, 1.54) is 0 Å². The predicted molar refractivity (Wildman–Crippen MR) is 71.5 cm³/mol. The fourth-order valence-electron chi connectivity index (χ4n) is 1.99. The average Bonchev–Trinajstić information content (AvgIpc) is 2.44. The summed E-state index contributed by atoms with van der Waals surface area (Å²) >= 11 is 0. The van der Waals surface area contributed by atoms with Gasteiger partial charge in [-0.2, -0.15) is 0 Å². The summed E-state index contributed by atoms with van der Waals surface area (Å²) < 4.78 is 5.52. The normalized spacial score (nSPS) is 21.2. The summed E-state index contributed by atoms with van der Waals surface area (Å²) in [6, 6.07) is -1.65. The predicted octanol–water partition coefficient (Wildman–Crippen LogP) is -1.16. The van der Waals surface area contributed by atoms with Gasteiger partial charge in [0, 0.05) is 32.7 Å². The number of aliphatic carboxylic acids is 1. The van der Waals surface area contributed by atoms with E-state index in [4.69, 9.17) is 14.9 Å². The Morgan fingerprint density at radius 1 is 1.50 bits per heavy atom. The van der Waals surface area contributed by atoms with Crippen LogP contribution in [0, 0.1) is 0 Å². The summed E-state index contributed by atoms with van der Waals surface area (Å²) in [4.78, 5) is 24.6. The van der Waals surface area contributed by atoms with Gasteiger partial charge in [0.1, 0.15) is 6.04 Å². The summed E-state index contributed by atoms with van der Waals surface area (Å²) in [6.07, 6.45) is -0.109. The van der Waals surface area contributed by atoms with Crippen LogP contribution in [0.2, 0.25) is 0 Å². The second kappa shape index (κ2) is 8.72. The van der Waals surface area contributed by atoms with Crippen LogP contribution in [0.5, 0.6) is 0 Å². The first kappa shape index (κ1) is 16.7. The standard InChI is InChI=1S/C12H23N3O5/c1-2-15-4-6-20-9(8-15)7-13-12(19)14-10(3-5-16)11(17)18/h9-10,16H,2-8H2,1H3,(H,17,18)(H2,13,14,19)/t9?,10-/m0/s1. The zero-order valence-electron chi connectivity index (χ0n) is 11.7. The van der Waals surface area contributed by atoms with Crippen molar-refractivity contribution in [2.45, 2.75) is 25.5 Å². The van der Waals surface area contributed by atoms with Crippen molar-refractivity contribution in [3.63, 3.8) is 0 Å². The van der Waals surface area contributed by atoms with Crippen molar-refractivity contribution in [3.8, 4) is 0 Å². The quantitative estimate of drug-likeness (QED) is 0.470. The first-order valence-corrected chi connectivity index (χ1v) is 6.78. The molecule has 4 N–H and O–H groups in total. The number of carboxylic acid groups (broad SMARTS) is 1. The van der Waals surface area contributed by atoms with E-state index in [9.17, 15) is 9.59 Å². The molecule has 2 amide bonds. The van der Waals surface area contributed by atoms with E-state index >= 15 is 0 Å². The number of hydrogen-bond donors (Lipinski definition) is 4. The number of aliphatic hydroxyl groups excluding tert-OH is 1. The Morgan fingerprint density at radius 2 is 2.25 bits per heavy atom. The van der Waals surface area contributed by atoms with Gasteiger partial charge in [0.2, 0.25) is 0 Å². The SMILES string of the molecule is CCN1CCOC(CNC(=O)N[C@@H](CCO)C(=O)O)C1. The van der Waals surface area contributed by atoms with Gasteiger partial charge in [-0.25, -0.2) is 9.59 Å². The number of carboxylic acids is 1. The summed E-state index contributed by atoms with van der Waals surface area (Å²) in [5.41, 5.74) is 0. The Morgan fingerprint density at radius 3 is 2.85 bits per heavy atom. The van der Waals surface area contributed by atoms with Crippen LogP contribution in [0.3, 0.4) is 0 Å². The molecule has 0 radical (unpaired) electrons. The zero-order valence-corrected chi connectivity index (χ0v) is 11.7. The molecule has 8 nitrogen and oxygen atoms in total. The summed E-state index contributed by atoms with van der Waals surface area (Å²) in [5.74, 6) is -1.17. The number of nitrogens with one attached hydrogen (secondary N) is 2. The molecule has 1 rings (SSSR count). The Balaban J connectivity index is 2.29. The molecule has 1 unspecified atom stereocenters. The zero-order chi connectivity index (χ0) is 15.0. The molecule has 2 atom stereocenters. The number of carbonyl (C=O) groups is 2. The highest BCUT2D eigenvalue weighted by atomic mass is 16.5. The lowest BCUT2D eigenvalue weighted by molar-refractivity contribution is -0.139. The first-order valence-electron chi connectivity index (χ1n) is 6.78. The van der Waals surface area contributed by atoms with E-state index in [1.54, 1.807) is 0 Å². The molecule has 20 heavy (non-hydrogen) atoms. The van der Waals surface area contributed by atoms with Crippen LogP contribution in [-0.4, -0.2) is 78.7 Å². The fraction of sp³-hybridized carbons (Fsp3) is 0.833. The molecule has 0 aromatic heterocycles. The van der Waals surface area contributed by atoms with E-state index in [2.05, 4.69) is 22.5 Å². The second-order valence-electron chi connectivity index (χ2n) is 4.64. The van der Waals surface area contributed by atoms with Crippen LogP contribution in [-0.2, 0) is 9.53 Å². The molecule has 0 aromatic rings. The van der Waals surface area contributed by atoms with Gasteiger partial charge >= 0.3 is 12.0 Å². The Kier molecular flexibility index (Phi) is 7.27. The number of ether oxygens (including phenoxy) is 1. The van der Waals surface area contributed by atoms with Gasteiger partial charge in [-0.1, -0.05) is 6.92 Å². The van der Waals surface area contributed by atoms with Crippen molar-refractivity contribution >= 4 is 12.0 Å². The van der Waals surface area contributed by atoms with Crippen molar-refractivity contribution in [3.05, 3.63) is 0 Å². The topological polar surface area (TPSA) is 111 Å². The molecule has 1 fully saturated rings. The molecule has 0 aliphatic carbocycles. The third kappa shape index (κ3) is 5.72. The van der Waals surface area contributed by atoms with Crippen molar-refractivity contribution in [1.82, 2.24) is 15.5 Å². The third-order valence-electron chi connectivity index (χ3n) is 3.18. The van der Waals surface area contributed by atoms with E-state index in [1.807, 2.05) is 0 Å². The van der Waals surface area contributed by atoms with Gasteiger partial charge in [-0.05, 0) is 6.54 Å². The minimum Gasteiger partial charge on any atom is -0.480 e. The van der Waals surface area contributed by atoms with Crippen molar-refractivity contribution in [1.29, 1.82) is 0 Å². The lowest BCUT2D eigenvalue weighted by atomic mass is 10.2. The molecule has 0 bridgehead atoms. The van der Waals surface area contributed by atoms with Gasteiger partial charge in [0.15, 0.2) is 0 Å². The van der Waals surface area contributed by atoms with Gasteiger partial charge in [0.25, 0.3) is 0 Å². The van der Waals surface area contributed by atoms with Crippen LogP contribution in [0.25, 0.3) is 0 Å². The molecular formula is C12H23N3O5. The molecule has 1 aliphatic heterocycles. The maximum atomic E-state index is 11.6. The Labute approximate surface area is 118 Å². The van der Waals surface area contributed by atoms with Crippen molar-refractivity contribution in [2.75, 3.05) is 39.4 Å². The van der Waals surface area contributed by atoms with Gasteiger partial charge in [-0.3, -0.25) is 4.90 Å². The Bertz CT molecular complexity index is 326. The molecule has 8 heteroatoms. The number of morpholine rings is 1. The molecule has 0 aromatic carbocycles. The molecule has 0 spiro atoms. The van der Waals surface area contributed by atoms with E-state index in [0.717, 1.165) is 19.6 Å². The van der Waals surface area contributed by atoms with Crippen LogP contribution in [0.1, 0.15) is 13.3 Å². The average molecular weight is 289 g/mol. The van der Waals surface area contributed by atoms with Gasteiger partial charge in [-0.15, -0.1) is 0 Å². The van der Waals surface area contributed by atoms with Crippen molar-refractivity contribution < 1.29 is 24.5 Å². The van der Waals surface area contributed by atoms with E-state index in [0.29, 0.717) is 13.2 Å². The van der Waals surface area contributed by atoms with Gasteiger partial charge < -0.3 is 25.6 Å². The van der Waals surface area contributed by atoms with E-state index < -0.39 is 18.0 Å². The van der Waals surface area contributed by atoms with Crippen LogP contribution in [0.15, 0.2) is 0 Å². The molecule has 1 aliphatic rings. The minimum absolute atomic E-state index is 0.0215. The van der Waals surface area contributed by atoms with E-state index in [-0.39, 0.29) is 19.1 Å². The number of rotatable bonds is 7. The lowest BCUT2D eigenvalue weighted by Crippen LogP contribution is -2.51. The molecule has 116 valence electrons. The molecule has 0 saturated carbocycles. The molecular weight excluding hydrogens is 266 g/mol. The van der Waals surface area contributed by atoms with Gasteiger partial charge in [0.05, 0.1) is 12.7 Å². The highest BCUT2D eigenvalue weighted by Gasteiger charge is 2.22. The monoisotopic (exact) mass is 289 g/mol. The van der Waals surface area contributed by atoms with Crippen LogP contribution < -0.4 is 10.6 Å². The molecule has 1 heterocycles. The number of urea groups is 1. The fourth-order valence-corrected chi connectivity index (χ4v) is 1.99. The minimum atomic E-state index is -1.17. The smallest absolute Gasteiger partial charge is 0.326 e. The third-order valence-corrected chi connectivity index (χ3v) is 3.18. The number of aliphatic hydroxyl groups is 1. The number of carbonyl (C=O) groups excluding carboxylic acids is 1. The summed E-state index contributed by atoms with van der Waals surface area (Å²) in [7, 11) is 0. The number of amides is 2. The highest BCUT2D eigenvalue weighted by molar-refractivity contribution is 5.82. The maximum Gasteiger partial charge on any atom is 0.326 e. The van der Waals surface area contributed by atoms with Crippen molar-refractivity contribution in [2.24, 2.45) is 0 Å².